The van der Waals surface area contributed by atoms with E-state index in [1.165, 1.54) is 5.41 Å². The number of sulfone groups is 1. The zero-order chi connectivity index (χ0) is 20.3. The molecule has 9 heteroatoms. The lowest BCUT2D eigenvalue weighted by Crippen LogP contribution is -1.97. The van der Waals surface area contributed by atoms with Crippen LogP contribution in [0.25, 0.3) is 26.7 Å². The third kappa shape index (κ3) is 2.63. The van der Waals surface area contributed by atoms with E-state index < -0.39 is 9.84 Å². The van der Waals surface area contributed by atoms with Crippen LogP contribution in [0.15, 0.2) is 70.8 Å². The summed E-state index contributed by atoms with van der Waals surface area (Å²) in [4.78, 5) is 9.10. The molecule has 0 atom stereocenters. The summed E-state index contributed by atoms with van der Waals surface area (Å²) in [6.45, 7) is 0. The summed E-state index contributed by atoms with van der Waals surface area (Å²) < 4.78 is 26.8. The highest BCUT2D eigenvalue weighted by Gasteiger charge is 2.29. The van der Waals surface area contributed by atoms with Crippen molar-refractivity contribution in [3.05, 3.63) is 77.0 Å². The Morgan fingerprint density at radius 1 is 1.03 bits per heavy atom. The fourth-order valence-corrected chi connectivity index (χ4v) is 5.84. The Balaban J connectivity index is 1.50. The van der Waals surface area contributed by atoms with Crippen LogP contribution in [0.1, 0.15) is 11.1 Å². The van der Waals surface area contributed by atoms with Crippen molar-refractivity contribution in [2.75, 3.05) is 5.32 Å². The zero-order valence-corrected chi connectivity index (χ0v) is 17.0. The van der Waals surface area contributed by atoms with Crippen molar-refractivity contribution < 1.29 is 8.42 Å². The van der Waals surface area contributed by atoms with Gasteiger partial charge >= 0.3 is 0 Å². The van der Waals surface area contributed by atoms with Crippen LogP contribution in [0.4, 0.5) is 11.4 Å². The first kappa shape index (κ1) is 17.3. The number of benzene rings is 2. The quantitative estimate of drug-likeness (QED) is 0.437. The molecule has 1 aliphatic rings. The number of anilines is 2. The van der Waals surface area contributed by atoms with Gasteiger partial charge in [0.15, 0.2) is 0 Å². The third-order valence-electron chi connectivity index (χ3n) is 5.13. The second-order valence-corrected chi connectivity index (χ2v) is 9.60. The van der Waals surface area contributed by atoms with Crippen LogP contribution in [-0.4, -0.2) is 28.6 Å². The fourth-order valence-electron chi connectivity index (χ4n) is 3.72. The molecule has 6 rings (SSSR count). The molecular formula is C21H13N5O2S2. The van der Waals surface area contributed by atoms with E-state index in [1.807, 2.05) is 35.8 Å². The van der Waals surface area contributed by atoms with Gasteiger partial charge in [-0.3, -0.25) is 10.1 Å². The Hall–Kier alpha value is -3.56. The first-order chi connectivity index (χ1) is 14.6. The number of hydrogen-bond acceptors (Lipinski definition) is 7. The number of rotatable bonds is 3. The number of hydrogen-bond donors (Lipinski definition) is 2. The lowest BCUT2D eigenvalue weighted by molar-refractivity contribution is 0.605. The third-order valence-corrected chi connectivity index (χ3v) is 7.44. The lowest BCUT2D eigenvalue weighted by atomic mass is 10.0. The minimum absolute atomic E-state index is 0.275. The predicted molar refractivity (Wildman–Crippen MR) is 117 cm³/mol. The van der Waals surface area contributed by atoms with Crippen molar-refractivity contribution in [3.63, 3.8) is 0 Å². The van der Waals surface area contributed by atoms with E-state index in [2.05, 4.69) is 25.5 Å². The van der Waals surface area contributed by atoms with Gasteiger partial charge in [0.2, 0.25) is 9.84 Å². The largest absolute Gasteiger partial charge is 0.355 e. The second kappa shape index (κ2) is 6.22. The van der Waals surface area contributed by atoms with Crippen LogP contribution in [0.5, 0.6) is 0 Å². The van der Waals surface area contributed by atoms with Crippen molar-refractivity contribution in [2.45, 2.75) is 4.90 Å². The Kier molecular flexibility index (Phi) is 3.59. The first-order valence-corrected chi connectivity index (χ1v) is 11.5. The van der Waals surface area contributed by atoms with Crippen LogP contribution in [-0.2, 0) is 9.84 Å². The van der Waals surface area contributed by atoms with Crippen molar-refractivity contribution in [1.82, 2.24) is 20.2 Å². The van der Waals surface area contributed by atoms with E-state index in [4.69, 9.17) is 0 Å². The number of aromatic nitrogens is 4. The molecule has 1 aliphatic heterocycles. The molecule has 0 radical (unpaired) electrons. The highest BCUT2D eigenvalue weighted by Crippen LogP contribution is 2.40. The number of thiazole rings is 1. The van der Waals surface area contributed by atoms with Crippen LogP contribution >= 0.6 is 11.3 Å². The topological polar surface area (TPSA) is 101 Å². The monoisotopic (exact) mass is 431 g/mol. The van der Waals surface area contributed by atoms with Gasteiger partial charge in [-0.2, -0.15) is 5.10 Å². The summed E-state index contributed by atoms with van der Waals surface area (Å²) in [5.74, 6) is 0. The molecule has 0 spiro atoms. The minimum Gasteiger partial charge on any atom is -0.355 e. The smallest absolute Gasteiger partial charge is 0.201 e. The Morgan fingerprint density at radius 2 is 1.97 bits per heavy atom. The van der Waals surface area contributed by atoms with Crippen molar-refractivity contribution in [1.29, 1.82) is 0 Å². The Labute approximate surface area is 175 Å². The maximum absolute atomic E-state index is 12.8. The number of nitrogens with one attached hydrogen (secondary N) is 2. The number of nitrogens with zero attached hydrogens (tertiary/aromatic N) is 3. The van der Waals surface area contributed by atoms with Gasteiger partial charge in [0, 0.05) is 51.3 Å². The highest BCUT2D eigenvalue weighted by molar-refractivity contribution is 7.95. The molecule has 4 heterocycles. The van der Waals surface area contributed by atoms with Gasteiger partial charge < -0.3 is 5.32 Å². The van der Waals surface area contributed by atoms with Gasteiger partial charge in [-0.1, -0.05) is 0 Å². The van der Waals surface area contributed by atoms with Crippen molar-refractivity contribution in [3.8, 4) is 0 Å². The van der Waals surface area contributed by atoms with Crippen molar-refractivity contribution in [2.24, 2.45) is 0 Å². The molecule has 0 fully saturated rings. The van der Waals surface area contributed by atoms with Gasteiger partial charge in [-0.05, 0) is 36.4 Å². The van der Waals surface area contributed by atoms with Gasteiger partial charge in [0.25, 0.3) is 0 Å². The molecule has 0 saturated heterocycles. The normalized spacial score (nSPS) is 14.7. The molecular weight excluding hydrogens is 418 g/mol. The average Bonchev–Trinajstić information content (AvgIpc) is 3.47. The predicted octanol–water partition coefficient (Wildman–Crippen LogP) is 4.49. The average molecular weight is 432 g/mol. The molecule has 3 aromatic heterocycles. The maximum atomic E-state index is 12.8. The summed E-state index contributed by atoms with van der Waals surface area (Å²) in [5, 5.41) is 12.1. The minimum atomic E-state index is -3.55. The first-order valence-electron chi connectivity index (χ1n) is 9.08. The Morgan fingerprint density at radius 3 is 2.83 bits per heavy atom. The lowest BCUT2D eigenvalue weighted by Gasteiger charge is -2.11. The van der Waals surface area contributed by atoms with Crippen molar-refractivity contribution >= 4 is 59.2 Å². The molecule has 2 N–H and O–H groups in total. The van der Waals surface area contributed by atoms with E-state index in [-0.39, 0.29) is 4.90 Å². The van der Waals surface area contributed by atoms with Crippen LogP contribution in [0, 0.1) is 0 Å². The van der Waals surface area contributed by atoms with Gasteiger partial charge in [-0.15, -0.1) is 11.3 Å². The molecule has 0 aliphatic carbocycles. The number of H-pyrrole nitrogens is 1. The summed E-state index contributed by atoms with van der Waals surface area (Å²) >= 11 is 1.59. The van der Waals surface area contributed by atoms with E-state index in [0.717, 1.165) is 32.5 Å². The van der Waals surface area contributed by atoms with E-state index in [0.29, 0.717) is 16.7 Å². The molecule has 0 bridgehead atoms. The maximum Gasteiger partial charge on any atom is 0.201 e. The second-order valence-electron chi connectivity index (χ2n) is 6.95. The van der Waals surface area contributed by atoms with Crippen LogP contribution in [0.2, 0.25) is 0 Å². The summed E-state index contributed by atoms with van der Waals surface area (Å²) in [6, 6.07) is 11.3. The van der Waals surface area contributed by atoms with Gasteiger partial charge in [0.05, 0.1) is 32.3 Å². The summed E-state index contributed by atoms with van der Waals surface area (Å²) in [7, 11) is -3.55. The van der Waals surface area contributed by atoms with E-state index >= 15 is 0 Å². The molecule has 7 nitrogen and oxygen atoms in total. The zero-order valence-electron chi connectivity index (χ0n) is 15.3. The molecule has 2 aromatic carbocycles. The number of fused-ring (bicyclic) bond motifs is 3. The van der Waals surface area contributed by atoms with E-state index in [1.54, 1.807) is 36.0 Å². The summed E-state index contributed by atoms with van der Waals surface area (Å²) in [5.41, 5.74) is 7.08. The number of aromatic amines is 1. The summed E-state index contributed by atoms with van der Waals surface area (Å²) in [6.07, 6.45) is 5.00. The van der Waals surface area contributed by atoms with E-state index in [9.17, 15) is 8.42 Å². The highest BCUT2D eigenvalue weighted by atomic mass is 32.2. The molecule has 146 valence electrons. The number of pyridine rings is 1. The molecule has 0 unspecified atom stereocenters. The Bertz CT molecular complexity index is 1580. The standard InChI is InChI=1S/C21H13N5O2S2/c27-30(28)10-16(12-8-24-25-9-12)14-6-18-15(7-21(14)30)17(3-4-22-18)26-13-1-2-20-19(5-13)23-11-29-20/h1-11H,(H,22,26)(H,24,25). The van der Waals surface area contributed by atoms with Crippen LogP contribution in [0.3, 0.4) is 0 Å². The molecule has 30 heavy (non-hydrogen) atoms. The fraction of sp³-hybridized carbons (Fsp3) is 0. The molecule has 0 saturated carbocycles. The molecule has 5 aromatic rings. The van der Waals surface area contributed by atoms with Gasteiger partial charge in [-0.25, -0.2) is 13.4 Å². The van der Waals surface area contributed by atoms with Crippen LogP contribution < -0.4 is 5.32 Å². The molecule has 0 amide bonds. The SMILES string of the molecule is O=S1(=O)C=C(c2cn[nH]c2)c2cc3nccc(Nc4ccc5scnc5c4)c3cc21. The van der Waals surface area contributed by atoms with Gasteiger partial charge in [0.1, 0.15) is 0 Å².